The van der Waals surface area contributed by atoms with E-state index in [-0.39, 0.29) is 11.9 Å². The minimum Gasteiger partial charge on any atom is -0.469 e. The highest BCUT2D eigenvalue weighted by Crippen LogP contribution is 2.33. The van der Waals surface area contributed by atoms with Crippen molar-refractivity contribution < 1.29 is 22.7 Å². The van der Waals surface area contributed by atoms with Crippen LogP contribution in [-0.2, 0) is 22.1 Å². The van der Waals surface area contributed by atoms with Gasteiger partial charge >= 0.3 is 12.1 Å². The molecule has 0 fully saturated rings. The quantitative estimate of drug-likeness (QED) is 0.812. The standard InChI is InChI=1S/C15H14F3NO2/c1-9(14(20)21-2)8-11-7-6-10-4-3-5-12(13(10)19-11)15(16,17)18/h3-7,9H,8H2,1-2H3. The topological polar surface area (TPSA) is 39.2 Å². The van der Waals surface area contributed by atoms with Crippen molar-refractivity contribution in [3.63, 3.8) is 0 Å². The number of carbonyl (C=O) groups is 1. The zero-order valence-electron chi connectivity index (χ0n) is 11.6. The summed E-state index contributed by atoms with van der Waals surface area (Å²) >= 11 is 0. The molecule has 0 saturated carbocycles. The van der Waals surface area contributed by atoms with Crippen molar-refractivity contribution in [3.8, 4) is 0 Å². The molecule has 0 amide bonds. The van der Waals surface area contributed by atoms with Crippen molar-refractivity contribution in [2.24, 2.45) is 5.92 Å². The first-order valence-electron chi connectivity index (χ1n) is 6.36. The number of halogens is 3. The summed E-state index contributed by atoms with van der Waals surface area (Å²) < 4.78 is 43.5. The molecule has 1 unspecified atom stereocenters. The Balaban J connectivity index is 2.43. The van der Waals surface area contributed by atoms with Crippen LogP contribution in [0.4, 0.5) is 13.2 Å². The van der Waals surface area contributed by atoms with Gasteiger partial charge in [0.2, 0.25) is 0 Å². The number of ether oxygens (including phenoxy) is 1. The Bertz CT molecular complexity index is 668. The highest BCUT2D eigenvalue weighted by Gasteiger charge is 2.33. The van der Waals surface area contributed by atoms with Gasteiger partial charge in [-0.1, -0.05) is 25.1 Å². The molecule has 2 rings (SSSR count). The molecular weight excluding hydrogens is 283 g/mol. The van der Waals surface area contributed by atoms with Crippen LogP contribution in [0.1, 0.15) is 18.2 Å². The van der Waals surface area contributed by atoms with Gasteiger partial charge in [0, 0.05) is 17.5 Å². The second-order valence-corrected chi connectivity index (χ2v) is 4.81. The number of carbonyl (C=O) groups excluding carboxylic acids is 1. The van der Waals surface area contributed by atoms with Crippen LogP contribution in [0.5, 0.6) is 0 Å². The molecule has 0 aliphatic heterocycles. The van der Waals surface area contributed by atoms with Crippen molar-refractivity contribution in [2.45, 2.75) is 19.5 Å². The third kappa shape index (κ3) is 3.32. The van der Waals surface area contributed by atoms with Gasteiger partial charge in [0.05, 0.1) is 24.1 Å². The fourth-order valence-electron chi connectivity index (χ4n) is 2.13. The van der Waals surface area contributed by atoms with Crippen LogP contribution in [0.2, 0.25) is 0 Å². The molecule has 0 bridgehead atoms. The van der Waals surface area contributed by atoms with Crippen molar-refractivity contribution in [1.82, 2.24) is 4.98 Å². The maximum Gasteiger partial charge on any atom is 0.418 e. The largest absolute Gasteiger partial charge is 0.469 e. The molecule has 1 aromatic carbocycles. The van der Waals surface area contributed by atoms with E-state index in [0.717, 1.165) is 6.07 Å². The van der Waals surface area contributed by atoms with Gasteiger partial charge in [0.15, 0.2) is 0 Å². The maximum atomic E-state index is 13.0. The smallest absolute Gasteiger partial charge is 0.418 e. The summed E-state index contributed by atoms with van der Waals surface area (Å²) in [5.74, 6) is -0.876. The lowest BCUT2D eigenvalue weighted by atomic mass is 10.0. The number of aromatic nitrogens is 1. The number of pyridine rings is 1. The predicted molar refractivity (Wildman–Crippen MR) is 71.6 cm³/mol. The van der Waals surface area contributed by atoms with Crippen molar-refractivity contribution >= 4 is 16.9 Å². The molecule has 112 valence electrons. The minimum absolute atomic E-state index is 0.0976. The number of alkyl halides is 3. The SMILES string of the molecule is COC(=O)C(C)Cc1ccc2cccc(C(F)(F)F)c2n1. The van der Waals surface area contributed by atoms with E-state index in [9.17, 15) is 18.0 Å². The number of methoxy groups -OCH3 is 1. The molecule has 0 N–H and O–H groups in total. The van der Waals surface area contributed by atoms with E-state index in [1.54, 1.807) is 25.1 Å². The molecule has 6 heteroatoms. The molecule has 3 nitrogen and oxygen atoms in total. The Kier molecular flexibility index (Phi) is 4.16. The van der Waals surface area contributed by atoms with Gasteiger partial charge in [-0.05, 0) is 12.1 Å². The summed E-state index contributed by atoms with van der Waals surface area (Å²) in [7, 11) is 1.27. The van der Waals surface area contributed by atoms with Crippen LogP contribution < -0.4 is 0 Å². The molecule has 0 radical (unpaired) electrons. The molecule has 0 saturated heterocycles. The second-order valence-electron chi connectivity index (χ2n) is 4.81. The summed E-state index contributed by atoms with van der Waals surface area (Å²) in [6, 6.07) is 7.14. The van der Waals surface area contributed by atoms with Crippen LogP contribution in [0.3, 0.4) is 0 Å². The van der Waals surface area contributed by atoms with Gasteiger partial charge in [-0.2, -0.15) is 13.2 Å². The second kappa shape index (κ2) is 5.71. The van der Waals surface area contributed by atoms with E-state index in [2.05, 4.69) is 9.72 Å². The van der Waals surface area contributed by atoms with Gasteiger partial charge in [-0.25, -0.2) is 0 Å². The molecular formula is C15H14F3NO2. The highest BCUT2D eigenvalue weighted by atomic mass is 19.4. The lowest BCUT2D eigenvalue weighted by molar-refractivity contribution is -0.144. The number of para-hydroxylation sites is 1. The molecule has 0 aliphatic rings. The van der Waals surface area contributed by atoms with Crippen LogP contribution in [0.25, 0.3) is 10.9 Å². The van der Waals surface area contributed by atoms with Gasteiger partial charge in [-0.3, -0.25) is 9.78 Å². The molecule has 21 heavy (non-hydrogen) atoms. The average molecular weight is 297 g/mol. The van der Waals surface area contributed by atoms with Gasteiger partial charge < -0.3 is 4.74 Å². The van der Waals surface area contributed by atoms with E-state index in [1.165, 1.54) is 13.2 Å². The molecule has 1 heterocycles. The summed E-state index contributed by atoms with van der Waals surface area (Å²) in [6.45, 7) is 1.65. The van der Waals surface area contributed by atoms with Crippen molar-refractivity contribution in [2.75, 3.05) is 7.11 Å². The van der Waals surface area contributed by atoms with Gasteiger partial charge in [-0.15, -0.1) is 0 Å². The van der Waals surface area contributed by atoms with E-state index >= 15 is 0 Å². The highest BCUT2D eigenvalue weighted by molar-refractivity contribution is 5.82. The number of hydrogen-bond donors (Lipinski definition) is 0. The fourth-order valence-corrected chi connectivity index (χ4v) is 2.13. The number of hydrogen-bond acceptors (Lipinski definition) is 3. The molecule has 0 spiro atoms. The summed E-state index contributed by atoms with van der Waals surface area (Å²) in [6.07, 6.45) is -4.23. The van der Waals surface area contributed by atoms with E-state index in [4.69, 9.17) is 0 Å². The predicted octanol–water partition coefficient (Wildman–Crippen LogP) is 3.61. The Morgan fingerprint density at radius 1 is 1.29 bits per heavy atom. The first kappa shape index (κ1) is 15.3. The van der Waals surface area contributed by atoms with Crippen LogP contribution >= 0.6 is 0 Å². The maximum absolute atomic E-state index is 13.0. The number of fused-ring (bicyclic) bond motifs is 1. The van der Waals surface area contributed by atoms with Gasteiger partial charge in [0.25, 0.3) is 0 Å². The number of benzene rings is 1. The van der Waals surface area contributed by atoms with Crippen LogP contribution in [-0.4, -0.2) is 18.1 Å². The van der Waals surface area contributed by atoms with Crippen molar-refractivity contribution in [1.29, 1.82) is 0 Å². The molecule has 0 aliphatic carbocycles. The third-order valence-corrected chi connectivity index (χ3v) is 3.20. The first-order chi connectivity index (χ1) is 9.82. The van der Waals surface area contributed by atoms with E-state index in [0.29, 0.717) is 11.1 Å². The zero-order valence-corrected chi connectivity index (χ0v) is 11.6. The zero-order chi connectivity index (χ0) is 15.6. The Morgan fingerprint density at radius 2 is 2.00 bits per heavy atom. The first-order valence-corrected chi connectivity index (χ1v) is 6.36. The normalized spacial score (nSPS) is 13.2. The third-order valence-electron chi connectivity index (χ3n) is 3.20. The summed E-state index contributed by atoms with van der Waals surface area (Å²) in [4.78, 5) is 15.4. The fraction of sp³-hybridized carbons (Fsp3) is 0.333. The molecule has 1 atom stereocenters. The Labute approximate surface area is 119 Å². The number of nitrogens with zero attached hydrogens (tertiary/aromatic N) is 1. The Hall–Kier alpha value is -2.11. The van der Waals surface area contributed by atoms with E-state index < -0.39 is 23.6 Å². The summed E-state index contributed by atoms with van der Waals surface area (Å²) in [5.41, 5.74) is -0.441. The lowest BCUT2D eigenvalue weighted by Crippen LogP contribution is -2.16. The molecule has 2 aromatic rings. The number of rotatable bonds is 3. The van der Waals surface area contributed by atoms with Crippen molar-refractivity contribution in [3.05, 3.63) is 41.6 Å². The monoisotopic (exact) mass is 297 g/mol. The minimum atomic E-state index is -4.46. The van der Waals surface area contributed by atoms with Gasteiger partial charge in [0.1, 0.15) is 0 Å². The average Bonchev–Trinajstić information content (AvgIpc) is 2.44. The van der Waals surface area contributed by atoms with E-state index in [1.807, 2.05) is 0 Å². The summed E-state index contributed by atoms with van der Waals surface area (Å²) in [5, 5.41) is 0.416. The lowest BCUT2D eigenvalue weighted by Gasteiger charge is -2.12. The Morgan fingerprint density at radius 3 is 2.62 bits per heavy atom. The van der Waals surface area contributed by atoms with Crippen LogP contribution in [0, 0.1) is 5.92 Å². The molecule has 1 aromatic heterocycles. The number of esters is 1. The van der Waals surface area contributed by atoms with Crippen LogP contribution in [0.15, 0.2) is 30.3 Å².